The lowest BCUT2D eigenvalue weighted by atomic mass is 9.77. The van der Waals surface area contributed by atoms with Crippen LogP contribution in [0.25, 0.3) is 48.2 Å². The number of thioether (sulfide) groups is 2. The summed E-state index contributed by atoms with van der Waals surface area (Å²) in [4.78, 5) is 37.5. The van der Waals surface area contributed by atoms with Crippen molar-refractivity contribution in [2.75, 3.05) is 23.7 Å². The van der Waals surface area contributed by atoms with E-state index in [1.165, 1.54) is 98.6 Å². The Balaban J connectivity index is 0.883. The minimum absolute atomic E-state index is 0.0334. The fraction of sp³-hybridized carbons (Fsp3) is 0.387. The number of nitrogens with one attached hydrogen (secondary N) is 2. The highest BCUT2D eigenvalue weighted by molar-refractivity contribution is 8.03. The number of hydrogen-bond donors (Lipinski definition) is 2. The number of anilines is 1. The molecule has 9 rings (SSSR count). The number of para-hydroxylation sites is 2. The number of aromatic nitrogens is 3. The van der Waals surface area contributed by atoms with E-state index in [1.807, 2.05) is 59.1 Å². The van der Waals surface area contributed by atoms with Crippen LogP contribution in [0.4, 0.5) is 5.69 Å². The van der Waals surface area contributed by atoms with Crippen molar-refractivity contribution in [1.82, 2.24) is 14.1 Å². The number of aryl methyl sites for hydroxylation is 5. The van der Waals surface area contributed by atoms with Crippen molar-refractivity contribution in [3.05, 3.63) is 126 Å². The highest BCUT2D eigenvalue weighted by Crippen LogP contribution is 2.49. The molecule has 0 radical (unpaired) electrons. The summed E-state index contributed by atoms with van der Waals surface area (Å²) in [6, 6.07) is 25.7. The Kier molecular flexibility index (Phi) is 19.7. The smallest absolute Gasteiger partial charge is 0.263 e. The molecule has 1 aliphatic heterocycles. The van der Waals surface area contributed by atoms with Gasteiger partial charge in [0.05, 0.1) is 22.4 Å². The van der Waals surface area contributed by atoms with Crippen molar-refractivity contribution >= 4 is 120 Å². The predicted molar refractivity (Wildman–Crippen MR) is 328 cm³/mol. The number of hydrogen-bond acceptors (Lipinski definition) is 13. The molecule has 1 amide bonds. The molecule has 2 aliphatic rings. The van der Waals surface area contributed by atoms with Gasteiger partial charge < -0.3 is 10.2 Å². The number of fused-ring (bicyclic) bond motifs is 3. The fourth-order valence-electron chi connectivity index (χ4n) is 10.2. The number of allylic oxidation sites excluding steroid dienone is 5. The second-order valence-electron chi connectivity index (χ2n) is 19.8. The Morgan fingerprint density at radius 2 is 1.52 bits per heavy atom. The maximum Gasteiger partial charge on any atom is 0.263 e. The first-order chi connectivity index (χ1) is 37.7. The number of carbonyl (C=O) groups is 2. The molecule has 0 atom stereocenters. The fourth-order valence-corrected chi connectivity index (χ4v) is 16.3. The van der Waals surface area contributed by atoms with Crippen LogP contribution in [0, 0.1) is 30.6 Å². The topological polar surface area (TPSA) is 127 Å². The van der Waals surface area contributed by atoms with Gasteiger partial charge in [-0.1, -0.05) is 113 Å². The van der Waals surface area contributed by atoms with Gasteiger partial charge in [-0.25, -0.2) is 0 Å². The molecule has 0 saturated heterocycles. The number of unbranched alkanes of at least 4 members (excludes halogenated alkanes) is 8. The van der Waals surface area contributed by atoms with Crippen LogP contribution < -0.4 is 14.8 Å². The van der Waals surface area contributed by atoms with Crippen LogP contribution >= 0.6 is 69.3 Å². The van der Waals surface area contributed by atoms with Gasteiger partial charge in [0.25, 0.3) is 5.01 Å². The maximum absolute atomic E-state index is 14.2. The van der Waals surface area contributed by atoms with Gasteiger partial charge in [0.2, 0.25) is 11.4 Å². The van der Waals surface area contributed by atoms with Gasteiger partial charge in [0.1, 0.15) is 27.4 Å². The number of benzene rings is 3. The SMILES string of the molecule is CCCCCCc1cc(-c2cc(SCCNC(=O)CCCC[n+]3c(/C=C4/C(=O)C(/C=C5\Sc6ccccc6N5CCCC)=C4C(=C=N)C#N)sc4ccccc43)c(-c3cc(CCCCCC)c(C)s3)c3nsnc23)sc1C. The van der Waals surface area contributed by atoms with E-state index in [9.17, 15) is 14.9 Å². The van der Waals surface area contributed by atoms with E-state index in [1.54, 1.807) is 34.9 Å². The largest absolute Gasteiger partial charge is 0.355 e. The van der Waals surface area contributed by atoms with Crippen molar-refractivity contribution < 1.29 is 14.2 Å². The van der Waals surface area contributed by atoms with E-state index in [0.717, 1.165) is 91.6 Å². The van der Waals surface area contributed by atoms with Crippen LogP contribution in [0.15, 0.2) is 110 Å². The van der Waals surface area contributed by atoms with E-state index in [4.69, 9.17) is 14.2 Å². The van der Waals surface area contributed by atoms with E-state index >= 15 is 0 Å². The first-order valence-electron chi connectivity index (χ1n) is 27.4. The summed E-state index contributed by atoms with van der Waals surface area (Å²) in [5, 5.41) is 23.3. The standard InChI is InChI=1S/C62H67N7O2S6/c1-6-9-12-14-22-42-33-52(73-40(42)4)45-35-53(59(61-60(45)66-77-67-61)54-34-43(41(5)74-54)23-15-13-10-7-2)72-32-29-65-55(70)28-20-21-31-69-49-25-17-19-27-51(49)76-57(69)37-47-58(44(38-63)39-64)46(62(47)71)36-56-68(30-11-8-3)48-24-16-18-26-50(48)75-56/h16-19,24-27,33-37,63H,6-15,20-23,28-32H2,1-5H3/p+1. The van der Waals surface area contributed by atoms with Gasteiger partial charge in [-0.05, 0) is 112 Å². The Morgan fingerprint density at radius 1 is 0.818 bits per heavy atom. The van der Waals surface area contributed by atoms with Gasteiger partial charge >= 0.3 is 0 Å². The molecule has 3 aromatic carbocycles. The summed E-state index contributed by atoms with van der Waals surface area (Å²) in [5.41, 5.74) is 10.6. The molecule has 15 heteroatoms. The monoisotopic (exact) mass is 1130 g/mol. The summed E-state index contributed by atoms with van der Waals surface area (Å²) >= 11 is 10.0. The average molecular weight is 1140 g/mol. The lowest BCUT2D eigenvalue weighted by molar-refractivity contribution is -0.669. The van der Waals surface area contributed by atoms with Gasteiger partial charge in [0.15, 0.2) is 12.3 Å². The second kappa shape index (κ2) is 27.0. The van der Waals surface area contributed by atoms with Gasteiger partial charge in [-0.3, -0.25) is 15.0 Å². The Labute approximate surface area is 479 Å². The minimum Gasteiger partial charge on any atom is -0.355 e. The zero-order valence-electron chi connectivity index (χ0n) is 44.9. The molecule has 0 spiro atoms. The first-order valence-corrected chi connectivity index (χ1v) is 32.4. The molecular formula is C62H68N7O2S6+. The zero-order valence-corrected chi connectivity index (χ0v) is 49.8. The van der Waals surface area contributed by atoms with Crippen LogP contribution in [-0.4, -0.2) is 45.1 Å². The molecule has 2 N–H and O–H groups in total. The van der Waals surface area contributed by atoms with Crippen LogP contribution in [0.1, 0.15) is 130 Å². The van der Waals surface area contributed by atoms with Crippen molar-refractivity contribution in [2.24, 2.45) is 0 Å². The molecule has 1 aliphatic carbocycles. The number of thiazole rings is 1. The molecule has 7 aromatic rings. The van der Waals surface area contributed by atoms with Gasteiger partial charge in [-0.15, -0.1) is 34.4 Å². The highest BCUT2D eigenvalue weighted by atomic mass is 32.2. The van der Waals surface area contributed by atoms with Crippen molar-refractivity contribution in [1.29, 1.82) is 10.7 Å². The summed E-state index contributed by atoms with van der Waals surface area (Å²) in [5.74, 6) is 2.93. The number of thiophene rings is 2. The van der Waals surface area contributed by atoms with Gasteiger partial charge in [-0.2, -0.15) is 18.6 Å². The van der Waals surface area contributed by atoms with Crippen LogP contribution in [0.5, 0.6) is 0 Å². The molecule has 0 bridgehead atoms. The summed E-state index contributed by atoms with van der Waals surface area (Å²) in [7, 11) is 0. The number of Topliss-reactive ketones (excluding diaryl/α,β-unsaturated/α-hetero) is 1. The van der Waals surface area contributed by atoms with Crippen molar-refractivity contribution in [2.45, 2.75) is 147 Å². The van der Waals surface area contributed by atoms with E-state index < -0.39 is 0 Å². The average Bonchev–Trinajstić information content (AvgIpc) is 4.36. The summed E-state index contributed by atoms with van der Waals surface area (Å²) in [6.07, 6.45) is 19.8. The number of nitrogens with zero attached hydrogens (tertiary/aromatic N) is 5. The Hall–Kier alpha value is -5.43. The first kappa shape index (κ1) is 56.3. The molecule has 77 heavy (non-hydrogen) atoms. The lowest BCUT2D eigenvalue weighted by Crippen LogP contribution is -2.36. The van der Waals surface area contributed by atoms with Crippen LogP contribution in [0.3, 0.4) is 0 Å². The third kappa shape index (κ3) is 12.9. The zero-order chi connectivity index (χ0) is 53.8. The molecular weight excluding hydrogens is 1070 g/mol. The Morgan fingerprint density at radius 3 is 2.26 bits per heavy atom. The molecule has 5 heterocycles. The van der Waals surface area contributed by atoms with Gasteiger partial charge in [0, 0.05) is 101 Å². The number of rotatable bonds is 27. The quantitative estimate of drug-likeness (QED) is 0.0130. The number of amides is 1. The van der Waals surface area contributed by atoms with Crippen molar-refractivity contribution in [3.63, 3.8) is 0 Å². The number of nitriles is 1. The predicted octanol–water partition coefficient (Wildman–Crippen LogP) is 16.8. The molecule has 0 saturated carbocycles. The van der Waals surface area contributed by atoms with E-state index in [2.05, 4.69) is 104 Å². The highest BCUT2D eigenvalue weighted by Gasteiger charge is 2.38. The van der Waals surface area contributed by atoms with Crippen LogP contribution in [0.2, 0.25) is 0 Å². The normalized spacial score (nSPS) is 14.3. The van der Waals surface area contributed by atoms with Crippen LogP contribution in [-0.2, 0) is 29.0 Å². The second-order valence-corrected chi connectivity index (χ2v) is 26.1. The maximum atomic E-state index is 14.2. The molecule has 0 unspecified atom stereocenters. The minimum atomic E-state index is -0.151. The third-order valence-electron chi connectivity index (χ3n) is 14.4. The molecule has 398 valence electrons. The van der Waals surface area contributed by atoms with E-state index in [0.29, 0.717) is 48.4 Å². The lowest BCUT2D eigenvalue weighted by Gasteiger charge is -2.25. The van der Waals surface area contributed by atoms with Crippen molar-refractivity contribution in [3.8, 4) is 27.0 Å². The molecule has 4 aromatic heterocycles. The summed E-state index contributed by atoms with van der Waals surface area (Å²) < 4.78 is 13.2. The molecule has 9 nitrogen and oxygen atoms in total. The Bertz CT molecular complexity index is 3480. The summed E-state index contributed by atoms with van der Waals surface area (Å²) in [6.45, 7) is 13.2. The number of ketones is 1. The van der Waals surface area contributed by atoms with E-state index in [-0.39, 0.29) is 17.3 Å². The third-order valence-corrected chi connectivity index (χ3v) is 20.5. The molecule has 0 fully saturated rings. The number of carbonyl (C=O) groups excluding carboxylic acids is 2.